The molecule has 0 saturated carbocycles. The number of anilines is 1. The molecule has 1 amide bonds. The maximum atomic E-state index is 12.7. The predicted molar refractivity (Wildman–Crippen MR) is 105 cm³/mol. The number of carbonyl (C=O) groups is 1. The van der Waals surface area contributed by atoms with Crippen LogP contribution in [0.15, 0.2) is 24.3 Å². The van der Waals surface area contributed by atoms with Crippen molar-refractivity contribution in [1.82, 2.24) is 15.2 Å². The van der Waals surface area contributed by atoms with Crippen LogP contribution in [-0.2, 0) is 4.74 Å². The van der Waals surface area contributed by atoms with E-state index in [1.54, 1.807) is 7.11 Å². The highest BCUT2D eigenvalue weighted by Crippen LogP contribution is 2.33. The maximum absolute atomic E-state index is 12.7. The van der Waals surface area contributed by atoms with Gasteiger partial charge in [0.25, 0.3) is 5.91 Å². The van der Waals surface area contributed by atoms with Crippen LogP contribution in [0, 0.1) is 6.92 Å². The first-order chi connectivity index (χ1) is 13.1. The van der Waals surface area contributed by atoms with E-state index in [2.05, 4.69) is 20.5 Å². The van der Waals surface area contributed by atoms with Crippen molar-refractivity contribution in [3.8, 4) is 16.3 Å². The molecule has 1 aliphatic rings. The third kappa shape index (κ3) is 3.85. The fourth-order valence-corrected chi connectivity index (χ4v) is 4.60. The molecule has 1 aromatic carbocycles. The Bertz CT molecular complexity index is 946. The number of aryl methyl sites for hydroxylation is 1. The first kappa shape index (κ1) is 18.0. The predicted octanol–water partition coefficient (Wildman–Crippen LogP) is 4.08. The van der Waals surface area contributed by atoms with E-state index in [-0.39, 0.29) is 12.0 Å². The molecule has 2 aromatic heterocycles. The van der Waals surface area contributed by atoms with Crippen molar-refractivity contribution in [2.45, 2.75) is 25.9 Å². The van der Waals surface area contributed by atoms with E-state index in [4.69, 9.17) is 9.47 Å². The summed E-state index contributed by atoms with van der Waals surface area (Å²) < 4.78 is 10.8. The Morgan fingerprint density at radius 3 is 2.78 bits per heavy atom. The Kier molecular flexibility index (Phi) is 5.15. The van der Waals surface area contributed by atoms with Gasteiger partial charge in [0.05, 0.1) is 12.8 Å². The smallest absolute Gasteiger partial charge is 0.269 e. The zero-order chi connectivity index (χ0) is 18.8. The third-order valence-corrected chi connectivity index (χ3v) is 6.34. The number of thiazole rings is 1. The van der Waals surface area contributed by atoms with Gasteiger partial charge in [-0.1, -0.05) is 11.3 Å². The number of aromatic nitrogens is 3. The van der Waals surface area contributed by atoms with E-state index >= 15 is 0 Å². The second-order valence-electron chi connectivity index (χ2n) is 6.06. The molecule has 27 heavy (non-hydrogen) atoms. The molecule has 140 valence electrons. The summed E-state index contributed by atoms with van der Waals surface area (Å²) in [5.41, 5.74) is 1.63. The minimum absolute atomic E-state index is 0.0000303. The molecule has 1 atom stereocenters. The Hall–Kier alpha value is -2.36. The summed E-state index contributed by atoms with van der Waals surface area (Å²) in [6.07, 6.45) is 1.97. The molecule has 1 saturated heterocycles. The fraction of sp³-hybridized carbons (Fsp3) is 0.333. The van der Waals surface area contributed by atoms with Crippen LogP contribution in [0.3, 0.4) is 0 Å². The molecule has 7 nitrogen and oxygen atoms in total. The molecule has 1 aliphatic heterocycles. The van der Waals surface area contributed by atoms with E-state index in [1.807, 2.05) is 31.2 Å². The summed E-state index contributed by atoms with van der Waals surface area (Å²) in [5, 5.41) is 13.1. The number of hydrogen-bond donors (Lipinski definition) is 1. The zero-order valence-electron chi connectivity index (χ0n) is 14.9. The van der Waals surface area contributed by atoms with Gasteiger partial charge in [0.2, 0.25) is 5.13 Å². The summed E-state index contributed by atoms with van der Waals surface area (Å²) >= 11 is 2.71. The van der Waals surface area contributed by atoms with Crippen molar-refractivity contribution in [3.05, 3.63) is 39.8 Å². The number of benzene rings is 1. The van der Waals surface area contributed by atoms with Gasteiger partial charge in [-0.3, -0.25) is 10.1 Å². The topological polar surface area (TPSA) is 86.2 Å². The number of methoxy groups -OCH3 is 1. The van der Waals surface area contributed by atoms with Crippen LogP contribution in [0.2, 0.25) is 0 Å². The molecule has 0 bridgehead atoms. The molecule has 3 aromatic rings. The van der Waals surface area contributed by atoms with Crippen LogP contribution in [0.5, 0.6) is 5.75 Å². The van der Waals surface area contributed by atoms with Gasteiger partial charge in [-0.2, -0.15) is 0 Å². The highest BCUT2D eigenvalue weighted by atomic mass is 32.1. The molecule has 0 spiro atoms. The Balaban J connectivity index is 1.49. The van der Waals surface area contributed by atoms with Crippen molar-refractivity contribution in [2.24, 2.45) is 0 Å². The van der Waals surface area contributed by atoms with Crippen molar-refractivity contribution >= 4 is 33.7 Å². The van der Waals surface area contributed by atoms with Gasteiger partial charge in [0, 0.05) is 12.2 Å². The lowest BCUT2D eigenvalue weighted by Crippen LogP contribution is -2.11. The number of rotatable bonds is 5. The summed E-state index contributed by atoms with van der Waals surface area (Å²) in [6, 6.07) is 7.61. The van der Waals surface area contributed by atoms with Gasteiger partial charge in [0.1, 0.15) is 26.7 Å². The first-order valence-electron chi connectivity index (χ1n) is 8.52. The molecule has 0 aliphatic carbocycles. The van der Waals surface area contributed by atoms with Crippen LogP contribution >= 0.6 is 22.7 Å². The van der Waals surface area contributed by atoms with Gasteiger partial charge in [0.15, 0.2) is 0 Å². The molecule has 1 fully saturated rings. The van der Waals surface area contributed by atoms with E-state index in [0.29, 0.717) is 15.7 Å². The van der Waals surface area contributed by atoms with Crippen molar-refractivity contribution in [3.63, 3.8) is 0 Å². The normalized spacial score (nSPS) is 16.4. The van der Waals surface area contributed by atoms with Gasteiger partial charge >= 0.3 is 0 Å². The lowest BCUT2D eigenvalue weighted by molar-refractivity contribution is 0.102. The summed E-state index contributed by atoms with van der Waals surface area (Å²) in [6.45, 7) is 2.58. The van der Waals surface area contributed by atoms with Gasteiger partial charge in [-0.15, -0.1) is 21.5 Å². The van der Waals surface area contributed by atoms with E-state index in [9.17, 15) is 4.79 Å². The van der Waals surface area contributed by atoms with E-state index < -0.39 is 0 Å². The maximum Gasteiger partial charge on any atom is 0.269 e. The highest BCUT2D eigenvalue weighted by Gasteiger charge is 2.23. The van der Waals surface area contributed by atoms with Crippen LogP contribution < -0.4 is 10.1 Å². The monoisotopic (exact) mass is 402 g/mol. The summed E-state index contributed by atoms with van der Waals surface area (Å²) in [4.78, 5) is 17.8. The number of hydrogen-bond acceptors (Lipinski definition) is 8. The first-order valence-corrected chi connectivity index (χ1v) is 10.2. The third-order valence-electron chi connectivity index (χ3n) is 4.21. The number of amides is 1. The lowest BCUT2D eigenvalue weighted by atomic mass is 10.2. The Labute approximate surface area is 164 Å². The summed E-state index contributed by atoms with van der Waals surface area (Å²) in [5.74, 6) is 0.558. The minimum Gasteiger partial charge on any atom is -0.497 e. The van der Waals surface area contributed by atoms with Crippen LogP contribution in [0.25, 0.3) is 10.6 Å². The van der Waals surface area contributed by atoms with Crippen molar-refractivity contribution in [1.29, 1.82) is 0 Å². The average Bonchev–Trinajstić information content (AvgIpc) is 3.42. The molecule has 0 radical (unpaired) electrons. The van der Waals surface area contributed by atoms with Gasteiger partial charge in [-0.25, -0.2) is 4.98 Å². The number of ether oxygens (including phenoxy) is 2. The number of nitrogens with one attached hydrogen (secondary N) is 1. The molecule has 1 unspecified atom stereocenters. The van der Waals surface area contributed by atoms with Gasteiger partial charge < -0.3 is 9.47 Å². The lowest BCUT2D eigenvalue weighted by Gasteiger charge is -2.02. The van der Waals surface area contributed by atoms with Crippen LogP contribution in [0.1, 0.15) is 39.3 Å². The van der Waals surface area contributed by atoms with Crippen molar-refractivity contribution in [2.75, 3.05) is 19.0 Å². The zero-order valence-corrected chi connectivity index (χ0v) is 16.5. The standard InChI is InChI=1S/C18H18N4O3S2/c1-10-14(26-16(19-10)11-5-7-12(24-2)8-6-11)15(23)20-18-22-21-17(27-18)13-4-3-9-25-13/h5-8,13H,3-4,9H2,1-2H3,(H,20,22,23). The fourth-order valence-electron chi connectivity index (χ4n) is 2.81. The van der Waals surface area contributed by atoms with Crippen LogP contribution in [-0.4, -0.2) is 34.8 Å². The molecule has 9 heteroatoms. The van der Waals surface area contributed by atoms with Gasteiger partial charge in [-0.05, 0) is 44.0 Å². The molecule has 3 heterocycles. The van der Waals surface area contributed by atoms with E-state index in [1.165, 1.54) is 22.7 Å². The molecule has 1 N–H and O–H groups in total. The Morgan fingerprint density at radius 2 is 2.07 bits per heavy atom. The minimum atomic E-state index is -0.222. The SMILES string of the molecule is COc1ccc(-c2nc(C)c(C(=O)Nc3nnc(C4CCCO4)s3)s2)cc1. The number of nitrogens with zero attached hydrogens (tertiary/aromatic N) is 3. The molecular formula is C18H18N4O3S2. The average molecular weight is 403 g/mol. The van der Waals surface area contributed by atoms with Crippen molar-refractivity contribution < 1.29 is 14.3 Å². The quantitative estimate of drug-likeness (QED) is 0.692. The molecular weight excluding hydrogens is 384 g/mol. The second kappa shape index (κ2) is 7.71. The Morgan fingerprint density at radius 1 is 1.26 bits per heavy atom. The highest BCUT2D eigenvalue weighted by molar-refractivity contribution is 7.17. The second-order valence-corrected chi connectivity index (χ2v) is 8.07. The van der Waals surface area contributed by atoms with E-state index in [0.717, 1.165) is 40.8 Å². The largest absolute Gasteiger partial charge is 0.497 e. The molecule has 4 rings (SSSR count). The summed E-state index contributed by atoms with van der Waals surface area (Å²) in [7, 11) is 1.63. The van der Waals surface area contributed by atoms with Crippen LogP contribution in [0.4, 0.5) is 5.13 Å². The number of carbonyl (C=O) groups excluding carboxylic acids is 1.